The van der Waals surface area contributed by atoms with Crippen LogP contribution < -0.4 is 5.32 Å². The van der Waals surface area contributed by atoms with Crippen molar-refractivity contribution >= 4 is 44.8 Å². The second kappa shape index (κ2) is 8.30. The van der Waals surface area contributed by atoms with E-state index < -0.39 is 15.1 Å². The van der Waals surface area contributed by atoms with Crippen molar-refractivity contribution in [3.05, 3.63) is 11.1 Å². The van der Waals surface area contributed by atoms with Crippen LogP contribution in [0.4, 0.5) is 0 Å². The Bertz CT molecular complexity index is 701. The Labute approximate surface area is 149 Å². The Morgan fingerprint density at radius 1 is 1.54 bits per heavy atom. The highest BCUT2D eigenvalue weighted by Gasteiger charge is 2.30. The van der Waals surface area contributed by atoms with Crippen molar-refractivity contribution in [2.45, 2.75) is 42.3 Å². The van der Waals surface area contributed by atoms with E-state index in [2.05, 4.69) is 10.3 Å². The maximum absolute atomic E-state index is 12.2. The first-order valence-electron chi connectivity index (χ1n) is 7.56. The van der Waals surface area contributed by atoms with Gasteiger partial charge in [0.15, 0.2) is 14.2 Å². The number of sulfone groups is 1. The molecule has 2 unspecified atom stereocenters. The number of thioether (sulfide) groups is 1. The van der Waals surface area contributed by atoms with Gasteiger partial charge in [0.2, 0.25) is 5.91 Å². The first kappa shape index (κ1) is 19.2. The molecule has 0 saturated carbocycles. The summed E-state index contributed by atoms with van der Waals surface area (Å²) in [7, 11) is -3.01. The molecule has 2 heterocycles. The minimum atomic E-state index is -3.01. The zero-order valence-corrected chi connectivity index (χ0v) is 15.9. The molecule has 1 saturated heterocycles. The van der Waals surface area contributed by atoms with Crippen LogP contribution in [0.2, 0.25) is 0 Å². The molecular formula is C14H20N2O5S3. The highest BCUT2D eigenvalue weighted by atomic mass is 32.2. The molecule has 1 amide bonds. The van der Waals surface area contributed by atoms with E-state index in [-0.39, 0.29) is 35.8 Å². The normalized spacial score (nSPS) is 20.5. The number of rotatable bonds is 7. The second-order valence-electron chi connectivity index (χ2n) is 5.46. The number of thiazole rings is 1. The van der Waals surface area contributed by atoms with E-state index in [1.165, 1.54) is 23.1 Å². The molecule has 0 spiro atoms. The fraction of sp³-hybridized carbons (Fsp3) is 0.643. The lowest BCUT2D eigenvalue weighted by Crippen LogP contribution is -2.39. The smallest absolute Gasteiger partial charge is 0.311 e. The number of ether oxygens (including phenoxy) is 1. The van der Waals surface area contributed by atoms with E-state index in [1.807, 2.05) is 0 Å². The van der Waals surface area contributed by atoms with Crippen LogP contribution in [0.1, 0.15) is 26.0 Å². The van der Waals surface area contributed by atoms with Crippen LogP contribution in [-0.2, 0) is 30.6 Å². The molecule has 0 bridgehead atoms. The molecule has 0 aromatic carbocycles. The predicted molar refractivity (Wildman–Crippen MR) is 93.0 cm³/mol. The second-order valence-corrected chi connectivity index (χ2v) is 10.1. The average molecular weight is 393 g/mol. The summed E-state index contributed by atoms with van der Waals surface area (Å²) in [5.41, 5.74) is 0.621. The first-order chi connectivity index (χ1) is 11.3. The van der Waals surface area contributed by atoms with E-state index in [4.69, 9.17) is 4.74 Å². The molecule has 2 atom stereocenters. The van der Waals surface area contributed by atoms with Gasteiger partial charge >= 0.3 is 5.97 Å². The van der Waals surface area contributed by atoms with Crippen molar-refractivity contribution < 1.29 is 22.7 Å². The zero-order chi connectivity index (χ0) is 17.7. The highest BCUT2D eigenvalue weighted by molar-refractivity contribution is 8.02. The summed E-state index contributed by atoms with van der Waals surface area (Å²) in [5, 5.41) is 4.15. The number of carbonyl (C=O) groups is 2. The topological polar surface area (TPSA) is 102 Å². The average Bonchev–Trinajstić information content (AvgIpc) is 3.05. The van der Waals surface area contributed by atoms with Gasteiger partial charge in [-0.3, -0.25) is 9.59 Å². The Kier molecular flexibility index (Phi) is 6.64. The van der Waals surface area contributed by atoms with Crippen molar-refractivity contribution in [1.82, 2.24) is 10.3 Å². The number of aromatic nitrogens is 1. The number of esters is 1. The van der Waals surface area contributed by atoms with Crippen molar-refractivity contribution in [2.75, 3.05) is 18.1 Å². The van der Waals surface area contributed by atoms with Crippen molar-refractivity contribution in [3.63, 3.8) is 0 Å². The van der Waals surface area contributed by atoms with E-state index in [0.717, 1.165) is 0 Å². The summed E-state index contributed by atoms with van der Waals surface area (Å²) < 4.78 is 28.4. The van der Waals surface area contributed by atoms with Crippen LogP contribution in [0, 0.1) is 0 Å². The molecule has 10 heteroatoms. The zero-order valence-electron chi connectivity index (χ0n) is 13.5. The van der Waals surface area contributed by atoms with Gasteiger partial charge in [0.1, 0.15) is 0 Å². The van der Waals surface area contributed by atoms with Gasteiger partial charge in [-0.2, -0.15) is 0 Å². The van der Waals surface area contributed by atoms with E-state index in [1.54, 1.807) is 19.2 Å². The van der Waals surface area contributed by atoms with Gasteiger partial charge < -0.3 is 10.1 Å². The van der Waals surface area contributed by atoms with Crippen LogP contribution in [0.5, 0.6) is 0 Å². The molecule has 1 aliphatic heterocycles. The monoisotopic (exact) mass is 392 g/mol. The fourth-order valence-corrected chi connectivity index (χ4v) is 5.88. The lowest BCUT2D eigenvalue weighted by atomic mass is 10.2. The van der Waals surface area contributed by atoms with E-state index in [9.17, 15) is 18.0 Å². The Hall–Kier alpha value is -1.13. The number of nitrogens with one attached hydrogen (secondary N) is 1. The van der Waals surface area contributed by atoms with Crippen molar-refractivity contribution in [2.24, 2.45) is 0 Å². The Morgan fingerprint density at radius 2 is 2.29 bits per heavy atom. The van der Waals surface area contributed by atoms with Crippen LogP contribution in [0.15, 0.2) is 9.72 Å². The SMILES string of the molecule is CCOC(=O)Cc1csc(SC(C)C(=O)NC2CCS(=O)(=O)C2)n1. The van der Waals surface area contributed by atoms with Gasteiger partial charge in [-0.25, -0.2) is 13.4 Å². The molecule has 0 radical (unpaired) electrons. The van der Waals surface area contributed by atoms with Gasteiger partial charge in [-0.15, -0.1) is 11.3 Å². The Morgan fingerprint density at radius 3 is 2.92 bits per heavy atom. The Balaban J connectivity index is 1.83. The standard InChI is InChI=1S/C14H20N2O5S3/c1-3-21-12(17)6-11-7-22-14(16-11)23-9(2)13(18)15-10-4-5-24(19,20)8-10/h7,9-10H,3-6,8H2,1-2H3,(H,15,18). The van der Waals surface area contributed by atoms with Crippen molar-refractivity contribution in [1.29, 1.82) is 0 Å². The lowest BCUT2D eigenvalue weighted by molar-refractivity contribution is -0.142. The summed E-state index contributed by atoms with van der Waals surface area (Å²) in [6, 6.07) is -0.304. The molecule has 1 aromatic rings. The summed E-state index contributed by atoms with van der Waals surface area (Å²) in [6.07, 6.45) is 0.581. The molecule has 0 aliphatic carbocycles. The maximum atomic E-state index is 12.2. The van der Waals surface area contributed by atoms with Crippen molar-refractivity contribution in [3.8, 4) is 0 Å². The molecule has 24 heavy (non-hydrogen) atoms. The molecule has 1 N–H and O–H groups in total. The first-order valence-corrected chi connectivity index (χ1v) is 11.1. The largest absolute Gasteiger partial charge is 0.466 e. The summed E-state index contributed by atoms with van der Waals surface area (Å²) in [4.78, 5) is 27.9. The molecular weight excluding hydrogens is 372 g/mol. The molecule has 1 aliphatic rings. The minimum absolute atomic E-state index is 0.0110. The molecule has 1 fully saturated rings. The minimum Gasteiger partial charge on any atom is -0.466 e. The van der Waals surface area contributed by atoms with Crippen LogP contribution in [0.3, 0.4) is 0 Å². The number of amides is 1. The van der Waals surface area contributed by atoms with Crippen LogP contribution >= 0.6 is 23.1 Å². The molecule has 134 valence electrons. The highest BCUT2D eigenvalue weighted by Crippen LogP contribution is 2.27. The number of hydrogen-bond donors (Lipinski definition) is 1. The summed E-state index contributed by atoms with van der Waals surface area (Å²) in [5.74, 6) is -0.392. The van der Waals surface area contributed by atoms with Gasteiger partial charge in [0.05, 0.1) is 35.5 Å². The number of nitrogens with zero attached hydrogens (tertiary/aromatic N) is 1. The number of hydrogen-bond acceptors (Lipinski definition) is 8. The predicted octanol–water partition coefficient (Wildman–Crippen LogP) is 1.03. The lowest BCUT2D eigenvalue weighted by Gasteiger charge is -2.14. The third-order valence-electron chi connectivity index (χ3n) is 3.39. The number of carbonyl (C=O) groups excluding carboxylic acids is 2. The maximum Gasteiger partial charge on any atom is 0.311 e. The van der Waals surface area contributed by atoms with E-state index in [0.29, 0.717) is 23.1 Å². The third kappa shape index (κ3) is 5.75. The summed E-state index contributed by atoms with van der Waals surface area (Å²) in [6.45, 7) is 3.82. The third-order valence-corrected chi connectivity index (χ3v) is 7.28. The van der Waals surface area contributed by atoms with Crippen LogP contribution in [-0.4, -0.2) is 54.7 Å². The molecule has 1 aromatic heterocycles. The van der Waals surface area contributed by atoms with Gasteiger partial charge in [-0.05, 0) is 20.3 Å². The summed E-state index contributed by atoms with van der Waals surface area (Å²) >= 11 is 2.66. The quantitative estimate of drug-likeness (QED) is 0.546. The molecule has 7 nitrogen and oxygen atoms in total. The molecule has 2 rings (SSSR count). The van der Waals surface area contributed by atoms with Gasteiger partial charge in [0, 0.05) is 11.4 Å². The fourth-order valence-electron chi connectivity index (χ4n) is 2.22. The van der Waals surface area contributed by atoms with Gasteiger partial charge in [-0.1, -0.05) is 11.8 Å². The van der Waals surface area contributed by atoms with Gasteiger partial charge in [0.25, 0.3) is 0 Å². The van der Waals surface area contributed by atoms with E-state index >= 15 is 0 Å². The van der Waals surface area contributed by atoms with Crippen LogP contribution in [0.25, 0.3) is 0 Å².